The summed E-state index contributed by atoms with van der Waals surface area (Å²) in [6.07, 6.45) is 9.56. The minimum atomic E-state index is -0.175. The summed E-state index contributed by atoms with van der Waals surface area (Å²) in [5.41, 5.74) is 3.83. The number of aromatic amines is 1. The van der Waals surface area contributed by atoms with Gasteiger partial charge in [0.25, 0.3) is 5.91 Å². The Morgan fingerprint density at radius 1 is 1.18 bits per heavy atom. The number of carbonyl (C=O) groups is 1. The molecule has 0 aromatic carbocycles. The summed E-state index contributed by atoms with van der Waals surface area (Å²) in [5.74, 6) is 0.397. The van der Waals surface area contributed by atoms with Crippen LogP contribution in [-0.4, -0.2) is 59.2 Å². The summed E-state index contributed by atoms with van der Waals surface area (Å²) in [5, 5.41) is 10.2. The number of H-pyrrole nitrogens is 1. The highest BCUT2D eigenvalue weighted by molar-refractivity contribution is 6.03. The van der Waals surface area contributed by atoms with E-state index in [2.05, 4.69) is 44.4 Å². The lowest BCUT2D eigenvalue weighted by Gasteiger charge is -2.36. The van der Waals surface area contributed by atoms with Gasteiger partial charge in [0.05, 0.1) is 11.9 Å². The first-order chi connectivity index (χ1) is 13.6. The van der Waals surface area contributed by atoms with Gasteiger partial charge in [0.2, 0.25) is 0 Å². The minimum absolute atomic E-state index is 0.175. The molecule has 150 valence electrons. The van der Waals surface area contributed by atoms with Crippen molar-refractivity contribution >= 4 is 17.4 Å². The molecule has 28 heavy (non-hydrogen) atoms. The molecule has 0 radical (unpaired) electrons. The highest BCUT2D eigenvalue weighted by Crippen LogP contribution is 2.24. The van der Waals surface area contributed by atoms with Gasteiger partial charge in [-0.25, -0.2) is 4.98 Å². The van der Waals surface area contributed by atoms with Crippen LogP contribution in [0.25, 0.3) is 0 Å². The second-order valence-corrected chi connectivity index (χ2v) is 8.13. The number of fused-ring (bicyclic) bond motifs is 1. The van der Waals surface area contributed by atoms with E-state index in [0.717, 1.165) is 68.6 Å². The van der Waals surface area contributed by atoms with Crippen LogP contribution in [0.2, 0.25) is 0 Å². The Bertz CT molecular complexity index is 805. The number of nitrogens with zero attached hydrogens (tertiary/aromatic N) is 4. The Balaban J connectivity index is 1.39. The van der Waals surface area contributed by atoms with Crippen molar-refractivity contribution in [3.63, 3.8) is 0 Å². The number of carbonyl (C=O) groups excluding carboxylic acids is 1. The largest absolute Gasteiger partial charge is 0.370 e. The molecule has 0 atom stereocenters. The van der Waals surface area contributed by atoms with Crippen molar-refractivity contribution in [2.75, 3.05) is 37.4 Å². The van der Waals surface area contributed by atoms with Crippen molar-refractivity contribution < 1.29 is 4.79 Å². The van der Waals surface area contributed by atoms with E-state index >= 15 is 0 Å². The molecule has 1 aliphatic heterocycles. The van der Waals surface area contributed by atoms with E-state index < -0.39 is 0 Å². The fraction of sp³-hybridized carbons (Fsp3) is 0.571. The van der Waals surface area contributed by atoms with Crippen molar-refractivity contribution in [1.82, 2.24) is 20.1 Å². The number of aryl methyl sites for hydroxylation is 1. The van der Waals surface area contributed by atoms with Gasteiger partial charge in [-0.05, 0) is 64.8 Å². The van der Waals surface area contributed by atoms with Crippen LogP contribution in [0.1, 0.15) is 53.8 Å². The molecule has 1 fully saturated rings. The van der Waals surface area contributed by atoms with Gasteiger partial charge in [0.15, 0.2) is 5.69 Å². The highest BCUT2D eigenvalue weighted by Gasteiger charge is 2.22. The maximum Gasteiger partial charge on any atom is 0.277 e. The molecule has 1 amide bonds. The van der Waals surface area contributed by atoms with Gasteiger partial charge >= 0.3 is 0 Å². The van der Waals surface area contributed by atoms with E-state index in [1.54, 1.807) is 0 Å². The van der Waals surface area contributed by atoms with Crippen LogP contribution in [0.4, 0.5) is 11.5 Å². The van der Waals surface area contributed by atoms with Gasteiger partial charge < -0.3 is 15.1 Å². The van der Waals surface area contributed by atoms with Crippen LogP contribution < -0.4 is 10.2 Å². The second-order valence-electron chi connectivity index (χ2n) is 8.13. The predicted molar refractivity (Wildman–Crippen MR) is 111 cm³/mol. The molecule has 4 rings (SSSR count). The summed E-state index contributed by atoms with van der Waals surface area (Å²) >= 11 is 0. The number of amides is 1. The summed E-state index contributed by atoms with van der Waals surface area (Å²) in [6, 6.07) is 4.59. The minimum Gasteiger partial charge on any atom is -0.370 e. The first-order valence-corrected chi connectivity index (χ1v) is 10.4. The molecule has 1 aliphatic carbocycles. The van der Waals surface area contributed by atoms with Crippen molar-refractivity contribution in [1.29, 1.82) is 0 Å². The molecule has 1 saturated heterocycles. The average molecular weight is 383 g/mol. The van der Waals surface area contributed by atoms with Crippen LogP contribution in [0, 0.1) is 0 Å². The Kier molecular flexibility index (Phi) is 5.62. The number of hydrogen-bond donors (Lipinski definition) is 2. The van der Waals surface area contributed by atoms with Crippen LogP contribution in [0.3, 0.4) is 0 Å². The first kappa shape index (κ1) is 18.9. The lowest BCUT2D eigenvalue weighted by Crippen LogP contribution is -2.42. The molecule has 2 N–H and O–H groups in total. The third-order valence-corrected chi connectivity index (χ3v) is 6.07. The standard InChI is InChI=1S/C21H30N6O/c1-26(2)15-10-12-27(13-11-15)16-8-9-19(22-14-16)23-21(28)20-17-6-4-3-5-7-18(17)24-25-20/h8-9,14-15H,3-7,10-13H2,1-2H3,(H,24,25)(H,22,23,28). The van der Waals surface area contributed by atoms with Gasteiger partial charge in [-0.15, -0.1) is 0 Å². The monoisotopic (exact) mass is 382 g/mol. The topological polar surface area (TPSA) is 77.1 Å². The molecule has 2 aromatic heterocycles. The van der Waals surface area contributed by atoms with Crippen LogP contribution in [0.15, 0.2) is 18.3 Å². The molecule has 7 heteroatoms. The van der Waals surface area contributed by atoms with E-state index in [0.29, 0.717) is 17.6 Å². The van der Waals surface area contributed by atoms with E-state index in [9.17, 15) is 4.79 Å². The van der Waals surface area contributed by atoms with Crippen molar-refractivity contribution in [3.05, 3.63) is 35.3 Å². The Morgan fingerprint density at radius 3 is 2.68 bits per heavy atom. The van der Waals surface area contributed by atoms with Crippen molar-refractivity contribution in [3.8, 4) is 0 Å². The van der Waals surface area contributed by atoms with E-state index in [1.165, 1.54) is 6.42 Å². The lowest BCUT2D eigenvalue weighted by atomic mass is 10.0. The third kappa shape index (κ3) is 4.04. The molecular formula is C21H30N6O. The predicted octanol–water partition coefficient (Wildman–Crippen LogP) is 2.86. The Hall–Kier alpha value is -2.41. The summed E-state index contributed by atoms with van der Waals surface area (Å²) in [4.78, 5) is 21.8. The molecule has 2 aliphatic rings. The highest BCUT2D eigenvalue weighted by atomic mass is 16.2. The Labute approximate surface area is 166 Å². The molecular weight excluding hydrogens is 352 g/mol. The SMILES string of the molecule is CN(C)C1CCN(c2ccc(NC(=O)c3n[nH]c4c3CCCCC4)nc2)CC1. The number of piperidine rings is 1. The quantitative estimate of drug-likeness (QED) is 0.795. The van der Waals surface area contributed by atoms with Gasteiger partial charge in [-0.3, -0.25) is 9.89 Å². The third-order valence-electron chi connectivity index (χ3n) is 6.07. The molecule has 0 spiro atoms. The normalized spacial score (nSPS) is 18.0. The number of hydrogen-bond acceptors (Lipinski definition) is 5. The van der Waals surface area contributed by atoms with E-state index in [1.807, 2.05) is 18.3 Å². The van der Waals surface area contributed by atoms with E-state index in [-0.39, 0.29) is 5.91 Å². The maximum absolute atomic E-state index is 12.7. The van der Waals surface area contributed by atoms with Crippen LogP contribution >= 0.6 is 0 Å². The Morgan fingerprint density at radius 2 is 1.96 bits per heavy atom. The summed E-state index contributed by atoms with van der Waals surface area (Å²) < 4.78 is 0. The van der Waals surface area contributed by atoms with Gasteiger partial charge in [-0.1, -0.05) is 6.42 Å². The zero-order chi connectivity index (χ0) is 19.5. The second kappa shape index (κ2) is 8.31. The van der Waals surface area contributed by atoms with Crippen molar-refractivity contribution in [2.24, 2.45) is 0 Å². The fourth-order valence-corrected chi connectivity index (χ4v) is 4.31. The average Bonchev–Trinajstić information content (AvgIpc) is 2.97. The van der Waals surface area contributed by atoms with Gasteiger partial charge in [0.1, 0.15) is 5.82 Å². The molecule has 7 nitrogen and oxygen atoms in total. The molecule has 3 heterocycles. The van der Waals surface area contributed by atoms with Gasteiger partial charge in [-0.2, -0.15) is 5.10 Å². The molecule has 2 aromatic rings. The number of nitrogens with one attached hydrogen (secondary N) is 2. The van der Waals surface area contributed by atoms with Crippen LogP contribution in [-0.2, 0) is 12.8 Å². The fourth-order valence-electron chi connectivity index (χ4n) is 4.31. The molecule has 0 bridgehead atoms. The molecule has 0 saturated carbocycles. The lowest BCUT2D eigenvalue weighted by molar-refractivity contribution is 0.102. The van der Waals surface area contributed by atoms with Crippen molar-refractivity contribution in [2.45, 2.75) is 51.0 Å². The summed E-state index contributed by atoms with van der Waals surface area (Å²) in [7, 11) is 4.30. The van der Waals surface area contributed by atoms with Gasteiger partial charge in [0, 0.05) is 30.4 Å². The first-order valence-electron chi connectivity index (χ1n) is 10.4. The number of rotatable bonds is 4. The zero-order valence-corrected chi connectivity index (χ0v) is 16.9. The zero-order valence-electron chi connectivity index (χ0n) is 16.9. The smallest absolute Gasteiger partial charge is 0.277 e. The summed E-state index contributed by atoms with van der Waals surface area (Å²) in [6.45, 7) is 2.07. The number of anilines is 2. The number of pyridine rings is 1. The molecule has 0 unspecified atom stereocenters. The van der Waals surface area contributed by atoms with Crippen LogP contribution in [0.5, 0.6) is 0 Å². The number of aromatic nitrogens is 3. The maximum atomic E-state index is 12.7. The van der Waals surface area contributed by atoms with E-state index in [4.69, 9.17) is 0 Å².